The van der Waals surface area contributed by atoms with E-state index >= 15 is 0 Å². The fourth-order valence-corrected chi connectivity index (χ4v) is 4.60. The molecule has 0 bridgehead atoms. The summed E-state index contributed by atoms with van der Waals surface area (Å²) in [5.41, 5.74) is 2.00. The van der Waals surface area contributed by atoms with E-state index in [1.165, 1.54) is 0 Å². The van der Waals surface area contributed by atoms with E-state index in [2.05, 4.69) is 22.9 Å². The minimum absolute atomic E-state index is 0.190. The molecule has 0 N–H and O–H groups in total. The van der Waals surface area contributed by atoms with Gasteiger partial charge in [0.15, 0.2) is 0 Å². The van der Waals surface area contributed by atoms with Crippen molar-refractivity contribution in [2.75, 3.05) is 32.8 Å². The average Bonchev–Trinajstić information content (AvgIpc) is 2.99. The molecule has 2 aromatic rings. The van der Waals surface area contributed by atoms with Crippen LogP contribution in [-0.2, 0) is 11.2 Å². The van der Waals surface area contributed by atoms with Crippen LogP contribution in [0.15, 0.2) is 27.6 Å². The van der Waals surface area contributed by atoms with E-state index in [0.717, 1.165) is 22.0 Å². The van der Waals surface area contributed by atoms with Crippen LogP contribution in [0.4, 0.5) is 4.79 Å². The number of halogens is 1. The number of hydrogen-bond donors (Lipinski definition) is 0. The van der Waals surface area contributed by atoms with Gasteiger partial charge in [0.05, 0.1) is 12.1 Å². The monoisotopic (exact) mass is 447 g/mol. The van der Waals surface area contributed by atoms with Crippen LogP contribution in [0.1, 0.15) is 35.8 Å². The fraction of sp³-hybridized carbons (Fsp3) is 0.450. The van der Waals surface area contributed by atoms with Crippen LogP contribution in [-0.4, -0.2) is 59.2 Å². The van der Waals surface area contributed by atoms with Crippen LogP contribution >= 0.6 is 15.9 Å². The van der Waals surface area contributed by atoms with Gasteiger partial charge in [0.2, 0.25) is 5.43 Å². The van der Waals surface area contributed by atoms with E-state index in [9.17, 15) is 14.4 Å². The van der Waals surface area contributed by atoms with Crippen molar-refractivity contribution in [1.82, 2.24) is 14.4 Å². The van der Waals surface area contributed by atoms with Crippen molar-refractivity contribution in [3.05, 3.63) is 44.2 Å². The van der Waals surface area contributed by atoms with Crippen LogP contribution in [0, 0.1) is 0 Å². The Morgan fingerprint density at radius 2 is 1.86 bits per heavy atom. The molecule has 2 aliphatic rings. The van der Waals surface area contributed by atoms with E-state index in [1.807, 2.05) is 10.6 Å². The Labute approximate surface area is 171 Å². The molecule has 1 unspecified atom stereocenters. The van der Waals surface area contributed by atoms with Gasteiger partial charge in [-0.25, -0.2) is 4.79 Å². The summed E-state index contributed by atoms with van der Waals surface area (Å²) in [5.74, 6) is -0.278. The lowest BCUT2D eigenvalue weighted by molar-refractivity contribution is 0.0569. The summed E-state index contributed by atoms with van der Waals surface area (Å²) in [6.45, 7) is 5.74. The zero-order valence-electron chi connectivity index (χ0n) is 15.9. The number of piperazine rings is 1. The first-order valence-electron chi connectivity index (χ1n) is 9.49. The SMILES string of the molecule is CCOC(=O)N1CCN(C(=O)c2cn3c4c(cc(Br)cc4c2=O)CC3C)CC1. The van der Waals surface area contributed by atoms with Crippen molar-refractivity contribution in [3.8, 4) is 0 Å². The second-order valence-corrected chi connectivity index (χ2v) is 8.19. The van der Waals surface area contributed by atoms with Gasteiger partial charge in [0.25, 0.3) is 5.91 Å². The average molecular weight is 448 g/mol. The molecular weight excluding hydrogens is 426 g/mol. The Morgan fingerprint density at radius 1 is 1.18 bits per heavy atom. The van der Waals surface area contributed by atoms with Crippen molar-refractivity contribution in [2.24, 2.45) is 0 Å². The molecule has 1 fully saturated rings. The first-order valence-corrected chi connectivity index (χ1v) is 10.3. The van der Waals surface area contributed by atoms with Gasteiger partial charge in [-0.15, -0.1) is 0 Å². The number of benzene rings is 1. The topological polar surface area (TPSA) is 71.8 Å². The van der Waals surface area contributed by atoms with Crippen molar-refractivity contribution in [2.45, 2.75) is 26.3 Å². The Bertz CT molecular complexity index is 1020. The largest absolute Gasteiger partial charge is 0.450 e. The number of nitrogens with zero attached hydrogens (tertiary/aromatic N) is 3. The molecule has 4 rings (SSSR count). The molecule has 7 nitrogen and oxygen atoms in total. The molecule has 1 saturated heterocycles. The second-order valence-electron chi connectivity index (χ2n) is 7.27. The highest BCUT2D eigenvalue weighted by Gasteiger charge is 2.30. The van der Waals surface area contributed by atoms with E-state index in [4.69, 9.17) is 4.74 Å². The van der Waals surface area contributed by atoms with Gasteiger partial charge < -0.3 is 19.1 Å². The van der Waals surface area contributed by atoms with Gasteiger partial charge in [0, 0.05) is 48.3 Å². The minimum Gasteiger partial charge on any atom is -0.450 e. The van der Waals surface area contributed by atoms with Crippen LogP contribution in [0.2, 0.25) is 0 Å². The smallest absolute Gasteiger partial charge is 0.409 e. The quantitative estimate of drug-likeness (QED) is 0.709. The third-order valence-corrected chi connectivity index (χ3v) is 5.94. The molecule has 0 radical (unpaired) electrons. The maximum absolute atomic E-state index is 13.1. The van der Waals surface area contributed by atoms with E-state index in [0.29, 0.717) is 38.2 Å². The maximum Gasteiger partial charge on any atom is 0.409 e. The van der Waals surface area contributed by atoms with Crippen LogP contribution in [0.25, 0.3) is 10.9 Å². The molecule has 2 amide bonds. The molecule has 0 saturated carbocycles. The van der Waals surface area contributed by atoms with Gasteiger partial charge in [-0.1, -0.05) is 15.9 Å². The highest BCUT2D eigenvalue weighted by Crippen LogP contribution is 2.33. The molecule has 8 heteroatoms. The summed E-state index contributed by atoms with van der Waals surface area (Å²) >= 11 is 3.48. The van der Waals surface area contributed by atoms with E-state index in [1.54, 1.807) is 29.0 Å². The lowest BCUT2D eigenvalue weighted by Gasteiger charge is -2.34. The van der Waals surface area contributed by atoms with Crippen LogP contribution in [0.3, 0.4) is 0 Å². The number of amides is 2. The standard InChI is InChI=1S/C20H22BrN3O4/c1-3-28-20(27)23-6-4-22(5-7-23)19(26)16-11-24-12(2)8-13-9-14(21)10-15(17(13)24)18(16)25/h9-12H,3-8H2,1-2H3. The van der Waals surface area contributed by atoms with Gasteiger partial charge in [-0.2, -0.15) is 0 Å². The summed E-state index contributed by atoms with van der Waals surface area (Å²) in [7, 11) is 0. The molecule has 1 aromatic carbocycles. The second kappa shape index (κ2) is 7.24. The molecule has 1 atom stereocenters. The van der Waals surface area contributed by atoms with Crippen LogP contribution in [0.5, 0.6) is 0 Å². The number of carbonyl (C=O) groups is 2. The van der Waals surface area contributed by atoms with Crippen molar-refractivity contribution >= 4 is 38.8 Å². The lowest BCUT2D eigenvalue weighted by atomic mass is 10.1. The number of ether oxygens (including phenoxy) is 1. The third kappa shape index (κ3) is 3.09. The zero-order chi connectivity index (χ0) is 20.0. The Balaban J connectivity index is 1.64. The normalized spacial score (nSPS) is 18.6. The van der Waals surface area contributed by atoms with Crippen molar-refractivity contribution in [3.63, 3.8) is 0 Å². The zero-order valence-corrected chi connectivity index (χ0v) is 17.5. The molecule has 1 aromatic heterocycles. The van der Waals surface area contributed by atoms with E-state index in [-0.39, 0.29) is 29.0 Å². The predicted octanol–water partition coefficient (Wildman–Crippen LogP) is 2.80. The number of hydrogen-bond acceptors (Lipinski definition) is 4. The summed E-state index contributed by atoms with van der Waals surface area (Å²) in [4.78, 5) is 41.3. The molecular formula is C20H22BrN3O4. The Kier molecular flexibility index (Phi) is 4.91. The highest BCUT2D eigenvalue weighted by atomic mass is 79.9. The minimum atomic E-state index is -0.361. The third-order valence-electron chi connectivity index (χ3n) is 5.48. The molecule has 2 aliphatic heterocycles. The van der Waals surface area contributed by atoms with Crippen LogP contribution < -0.4 is 5.43 Å². The summed E-state index contributed by atoms with van der Waals surface area (Å²) in [6.07, 6.45) is 2.19. The number of carbonyl (C=O) groups excluding carboxylic acids is 2. The first kappa shape index (κ1) is 19.0. The van der Waals surface area contributed by atoms with Gasteiger partial charge in [-0.3, -0.25) is 9.59 Å². The Hall–Kier alpha value is -2.35. The lowest BCUT2D eigenvalue weighted by Crippen LogP contribution is -2.51. The Morgan fingerprint density at radius 3 is 2.54 bits per heavy atom. The molecule has 0 spiro atoms. The maximum atomic E-state index is 13.1. The number of pyridine rings is 1. The fourth-order valence-electron chi connectivity index (χ4n) is 4.09. The summed E-state index contributed by atoms with van der Waals surface area (Å²) < 4.78 is 7.90. The molecule has 28 heavy (non-hydrogen) atoms. The molecule has 0 aliphatic carbocycles. The van der Waals surface area contributed by atoms with Gasteiger partial charge >= 0.3 is 6.09 Å². The molecule has 148 valence electrons. The predicted molar refractivity (Wildman–Crippen MR) is 109 cm³/mol. The summed E-state index contributed by atoms with van der Waals surface area (Å²) in [6, 6.07) is 4.03. The highest BCUT2D eigenvalue weighted by molar-refractivity contribution is 9.10. The van der Waals surface area contributed by atoms with Gasteiger partial charge in [0.1, 0.15) is 5.56 Å². The first-order chi connectivity index (χ1) is 13.4. The van der Waals surface area contributed by atoms with Gasteiger partial charge in [-0.05, 0) is 38.0 Å². The van der Waals surface area contributed by atoms with Crippen molar-refractivity contribution < 1.29 is 14.3 Å². The number of rotatable bonds is 2. The van der Waals surface area contributed by atoms with Crippen molar-refractivity contribution in [1.29, 1.82) is 0 Å². The summed E-state index contributed by atoms with van der Waals surface area (Å²) in [5, 5.41) is 0.574. The van der Waals surface area contributed by atoms with E-state index < -0.39 is 0 Å². The number of aromatic nitrogens is 1. The molecule has 3 heterocycles.